The lowest BCUT2D eigenvalue weighted by Gasteiger charge is -2.16. The molecule has 1 aliphatic heterocycles. The molecule has 2 aromatic rings. The zero-order valence-corrected chi connectivity index (χ0v) is 15.5. The number of carbonyl (C=O) groups excluding carboxylic acids is 2. The lowest BCUT2D eigenvalue weighted by molar-refractivity contribution is -0.274. The summed E-state index contributed by atoms with van der Waals surface area (Å²) in [7, 11) is 1.61. The molecule has 152 valence electrons. The number of fused-ring (bicyclic) bond motifs is 1. The number of benzene rings is 1. The van der Waals surface area contributed by atoms with Crippen LogP contribution in [-0.4, -0.2) is 35.0 Å². The molecule has 0 radical (unpaired) electrons. The molecule has 0 atom stereocenters. The number of hydrogen-bond acceptors (Lipinski definition) is 5. The van der Waals surface area contributed by atoms with Crippen LogP contribution in [0.25, 0.3) is 0 Å². The first-order chi connectivity index (χ1) is 13.7. The van der Waals surface area contributed by atoms with Gasteiger partial charge in [0.25, 0.3) is 5.91 Å². The lowest BCUT2D eigenvalue weighted by atomic mass is 10.1. The minimum absolute atomic E-state index is 0.0556. The van der Waals surface area contributed by atoms with Crippen molar-refractivity contribution in [1.29, 1.82) is 0 Å². The number of hydrogen-bond donors (Lipinski definition) is 1. The average Bonchev–Trinajstić information content (AvgIpc) is 3.43. The number of amides is 1. The highest BCUT2D eigenvalue weighted by Crippen LogP contribution is 2.36. The molecule has 2 heterocycles. The minimum Gasteiger partial charge on any atom is -0.404 e. The number of aromatic nitrogens is 1. The Bertz CT molecular complexity index is 987. The number of pyridine rings is 1. The summed E-state index contributed by atoms with van der Waals surface area (Å²) >= 11 is 0. The van der Waals surface area contributed by atoms with Gasteiger partial charge in [0.05, 0.1) is 34.9 Å². The lowest BCUT2D eigenvalue weighted by Crippen LogP contribution is -2.19. The highest BCUT2D eigenvalue weighted by Gasteiger charge is 2.34. The number of para-hydroxylation sites is 2. The van der Waals surface area contributed by atoms with Gasteiger partial charge in [0.15, 0.2) is 5.75 Å². The van der Waals surface area contributed by atoms with E-state index < -0.39 is 12.1 Å². The summed E-state index contributed by atoms with van der Waals surface area (Å²) in [5.41, 5.74) is 1.63. The number of alkyl halides is 3. The van der Waals surface area contributed by atoms with Crippen molar-refractivity contribution in [3.8, 4) is 5.75 Å². The van der Waals surface area contributed by atoms with E-state index in [1.54, 1.807) is 19.2 Å². The molecule has 6 nitrogen and oxygen atoms in total. The van der Waals surface area contributed by atoms with Gasteiger partial charge in [0.2, 0.25) is 0 Å². The Kier molecular flexibility index (Phi) is 4.68. The van der Waals surface area contributed by atoms with E-state index in [9.17, 15) is 22.8 Å². The Morgan fingerprint density at radius 2 is 2.00 bits per heavy atom. The maximum atomic E-state index is 12.7. The zero-order valence-electron chi connectivity index (χ0n) is 15.5. The summed E-state index contributed by atoms with van der Waals surface area (Å²) in [5, 5.41) is 2.88. The summed E-state index contributed by atoms with van der Waals surface area (Å²) in [6.07, 6.45) is -2.97. The maximum Gasteiger partial charge on any atom is 0.573 e. The zero-order chi connectivity index (χ0) is 20.8. The van der Waals surface area contributed by atoms with E-state index in [0.717, 1.165) is 12.8 Å². The average molecular weight is 405 g/mol. The van der Waals surface area contributed by atoms with Gasteiger partial charge in [-0.15, -0.1) is 13.2 Å². The summed E-state index contributed by atoms with van der Waals surface area (Å²) < 4.78 is 42.3. The molecule has 1 aliphatic carbocycles. The van der Waals surface area contributed by atoms with E-state index in [4.69, 9.17) is 0 Å². The van der Waals surface area contributed by atoms with Crippen LogP contribution in [0.1, 0.15) is 34.6 Å². The second kappa shape index (κ2) is 7.06. The molecule has 1 aromatic heterocycles. The van der Waals surface area contributed by atoms with Crippen molar-refractivity contribution in [3.05, 3.63) is 47.3 Å². The molecule has 0 bridgehead atoms. The summed E-state index contributed by atoms with van der Waals surface area (Å²) in [4.78, 5) is 30.7. The predicted octanol–water partition coefficient (Wildman–Crippen LogP) is 3.83. The van der Waals surface area contributed by atoms with E-state index in [0.29, 0.717) is 17.1 Å². The Labute approximate surface area is 164 Å². The second-order valence-electron chi connectivity index (χ2n) is 7.23. The molecule has 0 unspecified atom stereocenters. The third kappa shape index (κ3) is 4.18. The highest BCUT2D eigenvalue weighted by molar-refractivity contribution is 6.03. The van der Waals surface area contributed by atoms with Gasteiger partial charge in [0.1, 0.15) is 5.78 Å². The van der Waals surface area contributed by atoms with E-state index in [2.05, 4.69) is 15.0 Å². The van der Waals surface area contributed by atoms with Gasteiger partial charge < -0.3 is 15.0 Å². The molecule has 1 amide bonds. The summed E-state index contributed by atoms with van der Waals surface area (Å²) in [6, 6.07) is 7.13. The molecule has 0 spiro atoms. The van der Waals surface area contributed by atoms with Crippen LogP contribution in [0.3, 0.4) is 0 Å². The molecule has 1 aromatic carbocycles. The monoisotopic (exact) mass is 405 g/mol. The van der Waals surface area contributed by atoms with E-state index in [1.165, 1.54) is 23.1 Å². The molecule has 1 fully saturated rings. The Morgan fingerprint density at radius 3 is 2.69 bits per heavy atom. The van der Waals surface area contributed by atoms with Crippen LogP contribution in [0.15, 0.2) is 30.3 Å². The van der Waals surface area contributed by atoms with Crippen molar-refractivity contribution >= 4 is 23.1 Å². The van der Waals surface area contributed by atoms with Gasteiger partial charge in [-0.1, -0.05) is 12.1 Å². The molecular weight excluding hydrogens is 387 g/mol. The van der Waals surface area contributed by atoms with Gasteiger partial charge in [-0.2, -0.15) is 0 Å². The first kappa shape index (κ1) is 19.2. The van der Waals surface area contributed by atoms with Crippen LogP contribution in [0.5, 0.6) is 5.75 Å². The summed E-state index contributed by atoms with van der Waals surface area (Å²) in [6.45, 7) is 0.273. The number of carbonyl (C=O) groups is 2. The fraction of sp³-hybridized carbons (Fsp3) is 0.350. The van der Waals surface area contributed by atoms with Gasteiger partial charge in [-0.3, -0.25) is 14.6 Å². The SMILES string of the molecule is CN1Cc2nc(CC(=O)C3CC3)cc(Nc3ccccc3OC(F)(F)F)c2C1=O. The molecule has 9 heteroatoms. The maximum absolute atomic E-state index is 12.7. The number of ketones is 1. The molecule has 29 heavy (non-hydrogen) atoms. The van der Waals surface area contributed by atoms with Crippen LogP contribution in [-0.2, 0) is 17.8 Å². The third-order valence-electron chi connectivity index (χ3n) is 4.87. The van der Waals surface area contributed by atoms with Crippen molar-refractivity contribution in [3.63, 3.8) is 0 Å². The van der Waals surface area contributed by atoms with Crippen LogP contribution in [0.2, 0.25) is 0 Å². The van der Waals surface area contributed by atoms with Crippen molar-refractivity contribution < 1.29 is 27.5 Å². The topological polar surface area (TPSA) is 71.5 Å². The van der Waals surface area contributed by atoms with Gasteiger partial charge >= 0.3 is 6.36 Å². The van der Waals surface area contributed by atoms with Crippen LogP contribution in [0, 0.1) is 5.92 Å². The Hall–Kier alpha value is -3.10. The number of anilines is 2. The minimum atomic E-state index is -4.85. The number of rotatable bonds is 6. The van der Waals surface area contributed by atoms with Crippen LogP contribution < -0.4 is 10.1 Å². The normalized spacial score (nSPS) is 16.0. The quantitative estimate of drug-likeness (QED) is 0.791. The molecule has 0 saturated heterocycles. The number of nitrogens with zero attached hydrogens (tertiary/aromatic N) is 2. The number of halogens is 3. The Morgan fingerprint density at radius 1 is 1.28 bits per heavy atom. The molecule has 2 aliphatic rings. The first-order valence-electron chi connectivity index (χ1n) is 9.14. The van der Waals surface area contributed by atoms with Crippen molar-refractivity contribution in [2.24, 2.45) is 5.92 Å². The predicted molar refractivity (Wildman–Crippen MR) is 97.9 cm³/mol. The smallest absolute Gasteiger partial charge is 0.404 e. The third-order valence-corrected chi connectivity index (χ3v) is 4.87. The fourth-order valence-electron chi connectivity index (χ4n) is 3.34. The number of nitrogens with one attached hydrogen (secondary N) is 1. The van der Waals surface area contributed by atoms with Crippen LogP contribution >= 0.6 is 0 Å². The number of Topliss-reactive ketones (excluding diaryl/α,β-unsaturated/α-hetero) is 1. The van der Waals surface area contributed by atoms with Gasteiger partial charge in [-0.25, -0.2) is 0 Å². The molecule has 1 N–H and O–H groups in total. The van der Waals surface area contributed by atoms with Crippen molar-refractivity contribution in [2.45, 2.75) is 32.2 Å². The second-order valence-corrected chi connectivity index (χ2v) is 7.23. The highest BCUT2D eigenvalue weighted by atomic mass is 19.4. The van der Waals surface area contributed by atoms with Gasteiger partial charge in [0, 0.05) is 19.4 Å². The van der Waals surface area contributed by atoms with Gasteiger partial charge in [-0.05, 0) is 31.0 Å². The van der Waals surface area contributed by atoms with E-state index in [-0.39, 0.29) is 41.8 Å². The molecule has 4 rings (SSSR count). The van der Waals surface area contributed by atoms with E-state index in [1.807, 2.05) is 0 Å². The Balaban J connectivity index is 1.70. The number of ether oxygens (including phenoxy) is 1. The van der Waals surface area contributed by atoms with Crippen molar-refractivity contribution in [1.82, 2.24) is 9.88 Å². The largest absolute Gasteiger partial charge is 0.573 e. The van der Waals surface area contributed by atoms with Crippen LogP contribution in [0.4, 0.5) is 24.5 Å². The standard InChI is InChI=1S/C20H18F3N3O3/c1-26-10-15-18(19(26)28)14(8-12(24-15)9-16(27)11-6-7-11)25-13-4-2-3-5-17(13)29-20(21,22)23/h2-5,8,11H,6-7,9-10H2,1H3,(H,24,25). The molecule has 1 saturated carbocycles. The molecular formula is C20H18F3N3O3. The van der Waals surface area contributed by atoms with E-state index >= 15 is 0 Å². The first-order valence-corrected chi connectivity index (χ1v) is 9.14. The van der Waals surface area contributed by atoms with Crippen molar-refractivity contribution in [2.75, 3.05) is 12.4 Å². The fourth-order valence-corrected chi connectivity index (χ4v) is 3.34. The summed E-state index contributed by atoms with van der Waals surface area (Å²) in [5.74, 6) is -0.558.